The Labute approximate surface area is 86.8 Å². The van der Waals surface area contributed by atoms with Gasteiger partial charge in [-0.2, -0.15) is 0 Å². The van der Waals surface area contributed by atoms with Gasteiger partial charge in [0, 0.05) is 10.3 Å². The van der Waals surface area contributed by atoms with Crippen LogP contribution in [0.4, 0.5) is 0 Å². The zero-order chi connectivity index (χ0) is 9.42. The molecule has 0 atom stereocenters. The van der Waals surface area contributed by atoms with Crippen LogP contribution in [0.25, 0.3) is 10.1 Å². The molecule has 3 heteroatoms. The molecule has 0 unspecified atom stereocenters. The molecular formula is C10H10OS2. The number of thiol groups is 1. The molecule has 1 aromatic heterocycles. The average Bonchev–Trinajstić information content (AvgIpc) is 2.60. The van der Waals surface area contributed by atoms with E-state index in [0.29, 0.717) is 0 Å². The fourth-order valence-electron chi connectivity index (χ4n) is 1.38. The van der Waals surface area contributed by atoms with Crippen molar-refractivity contribution in [1.29, 1.82) is 0 Å². The van der Waals surface area contributed by atoms with Crippen molar-refractivity contribution in [2.45, 2.75) is 11.8 Å². The molecule has 1 aromatic carbocycles. The van der Waals surface area contributed by atoms with Gasteiger partial charge < -0.3 is 4.74 Å². The molecule has 0 radical (unpaired) electrons. The normalized spacial score (nSPS) is 10.7. The minimum atomic E-state index is 0.937. The van der Waals surface area contributed by atoms with E-state index in [4.69, 9.17) is 4.74 Å². The molecule has 0 fully saturated rings. The van der Waals surface area contributed by atoms with E-state index in [-0.39, 0.29) is 0 Å². The van der Waals surface area contributed by atoms with Crippen LogP contribution in [0, 0.1) is 6.92 Å². The zero-order valence-electron chi connectivity index (χ0n) is 7.50. The monoisotopic (exact) mass is 210 g/mol. The fraction of sp³-hybridized carbons (Fsp3) is 0.200. The molecule has 0 spiro atoms. The number of fused-ring (bicyclic) bond motifs is 1. The lowest BCUT2D eigenvalue weighted by Gasteiger charge is -2.06. The van der Waals surface area contributed by atoms with Crippen molar-refractivity contribution in [1.82, 2.24) is 0 Å². The first kappa shape index (κ1) is 8.91. The van der Waals surface area contributed by atoms with Crippen LogP contribution in [0.1, 0.15) is 5.56 Å². The van der Waals surface area contributed by atoms with E-state index in [1.165, 1.54) is 4.70 Å². The van der Waals surface area contributed by atoms with Crippen molar-refractivity contribution >= 4 is 34.1 Å². The molecule has 0 bridgehead atoms. The summed E-state index contributed by atoms with van der Waals surface area (Å²) in [5.74, 6) is 0.937. The predicted molar refractivity (Wildman–Crippen MR) is 60.4 cm³/mol. The topological polar surface area (TPSA) is 9.23 Å². The summed E-state index contributed by atoms with van der Waals surface area (Å²) in [5, 5.41) is 3.22. The quantitative estimate of drug-likeness (QED) is 0.709. The number of hydrogen-bond acceptors (Lipinski definition) is 3. The Morgan fingerprint density at radius 2 is 2.23 bits per heavy atom. The number of ether oxygens (including phenoxy) is 1. The summed E-state index contributed by atoms with van der Waals surface area (Å²) >= 11 is 6.17. The lowest BCUT2D eigenvalue weighted by molar-refractivity contribution is 0.419. The van der Waals surface area contributed by atoms with Crippen LogP contribution in [-0.2, 0) is 0 Å². The first-order valence-electron chi connectivity index (χ1n) is 3.98. The Morgan fingerprint density at radius 3 is 2.92 bits per heavy atom. The van der Waals surface area contributed by atoms with Gasteiger partial charge in [0.05, 0.1) is 11.8 Å². The minimum Gasteiger partial charge on any atom is -0.496 e. The zero-order valence-corrected chi connectivity index (χ0v) is 9.21. The van der Waals surface area contributed by atoms with Gasteiger partial charge in [0.2, 0.25) is 0 Å². The maximum absolute atomic E-state index is 5.29. The van der Waals surface area contributed by atoms with Crippen molar-refractivity contribution in [3.63, 3.8) is 0 Å². The van der Waals surface area contributed by atoms with Crippen LogP contribution >= 0.6 is 24.0 Å². The second-order valence-corrected chi connectivity index (χ2v) is 4.27. The van der Waals surface area contributed by atoms with Crippen LogP contribution in [0.5, 0.6) is 5.75 Å². The number of rotatable bonds is 1. The smallest absolute Gasteiger partial charge is 0.127 e. The number of methoxy groups -OCH3 is 1. The van der Waals surface area contributed by atoms with Crippen molar-refractivity contribution in [3.8, 4) is 5.75 Å². The lowest BCUT2D eigenvalue weighted by atomic mass is 10.2. The van der Waals surface area contributed by atoms with Gasteiger partial charge in [0.1, 0.15) is 5.75 Å². The van der Waals surface area contributed by atoms with E-state index in [0.717, 1.165) is 21.6 Å². The largest absolute Gasteiger partial charge is 0.496 e. The van der Waals surface area contributed by atoms with Gasteiger partial charge in [-0.25, -0.2) is 0 Å². The SMILES string of the molecule is COc1cc(C)c(S)c2sccc12. The second kappa shape index (κ2) is 3.24. The number of thiophene rings is 1. The maximum atomic E-state index is 5.29. The van der Waals surface area contributed by atoms with Gasteiger partial charge in [-0.1, -0.05) is 0 Å². The van der Waals surface area contributed by atoms with Crippen molar-refractivity contribution in [2.75, 3.05) is 7.11 Å². The molecule has 0 N–H and O–H groups in total. The Balaban J connectivity index is 2.87. The molecule has 0 aliphatic heterocycles. The molecule has 68 valence electrons. The standard InChI is InChI=1S/C10H10OS2/c1-6-5-8(11-2)7-3-4-13-10(7)9(6)12/h3-5,12H,1-2H3. The Hall–Kier alpha value is -0.670. The lowest BCUT2D eigenvalue weighted by Crippen LogP contribution is -1.85. The predicted octanol–water partition coefficient (Wildman–Crippen LogP) is 3.51. The van der Waals surface area contributed by atoms with Gasteiger partial charge in [-0.3, -0.25) is 0 Å². The molecule has 0 saturated heterocycles. The highest BCUT2D eigenvalue weighted by atomic mass is 32.1. The van der Waals surface area contributed by atoms with Crippen molar-refractivity contribution in [2.24, 2.45) is 0 Å². The summed E-state index contributed by atoms with van der Waals surface area (Å²) in [6, 6.07) is 4.09. The fourth-order valence-corrected chi connectivity index (χ4v) is 2.63. The van der Waals surface area contributed by atoms with Gasteiger partial charge in [-0.15, -0.1) is 24.0 Å². The Morgan fingerprint density at radius 1 is 1.46 bits per heavy atom. The summed E-state index contributed by atoms with van der Waals surface area (Å²) < 4.78 is 6.50. The molecule has 2 rings (SSSR count). The molecule has 0 saturated carbocycles. The third-order valence-corrected chi connectivity index (χ3v) is 3.75. The second-order valence-electron chi connectivity index (χ2n) is 2.91. The van der Waals surface area contributed by atoms with E-state index < -0.39 is 0 Å². The van der Waals surface area contributed by atoms with E-state index >= 15 is 0 Å². The number of aryl methyl sites for hydroxylation is 1. The summed E-state index contributed by atoms with van der Waals surface area (Å²) in [5.41, 5.74) is 1.16. The van der Waals surface area contributed by atoms with E-state index in [9.17, 15) is 0 Å². The molecule has 2 aromatic rings. The number of hydrogen-bond donors (Lipinski definition) is 1. The highest BCUT2D eigenvalue weighted by Crippen LogP contribution is 2.36. The van der Waals surface area contributed by atoms with Crippen LogP contribution in [0.2, 0.25) is 0 Å². The Bertz CT molecular complexity index is 445. The summed E-state index contributed by atoms with van der Waals surface area (Å²) in [6.45, 7) is 2.05. The first-order chi connectivity index (χ1) is 6.24. The Kier molecular flexibility index (Phi) is 2.22. The highest BCUT2D eigenvalue weighted by Gasteiger charge is 2.08. The van der Waals surface area contributed by atoms with Gasteiger partial charge in [0.25, 0.3) is 0 Å². The summed E-state index contributed by atoms with van der Waals surface area (Å²) in [6.07, 6.45) is 0. The molecule has 0 aliphatic rings. The van der Waals surface area contributed by atoms with E-state index in [1.807, 2.05) is 13.0 Å². The van der Waals surface area contributed by atoms with E-state index in [1.54, 1.807) is 18.4 Å². The van der Waals surface area contributed by atoms with Crippen molar-refractivity contribution in [3.05, 3.63) is 23.1 Å². The van der Waals surface area contributed by atoms with Crippen LogP contribution in [0.15, 0.2) is 22.4 Å². The molecule has 1 heterocycles. The number of benzene rings is 1. The van der Waals surface area contributed by atoms with Gasteiger partial charge >= 0.3 is 0 Å². The minimum absolute atomic E-state index is 0.937. The third kappa shape index (κ3) is 1.32. The van der Waals surface area contributed by atoms with Crippen LogP contribution < -0.4 is 4.74 Å². The average molecular weight is 210 g/mol. The highest BCUT2D eigenvalue weighted by molar-refractivity contribution is 7.80. The molecule has 0 aliphatic carbocycles. The summed E-state index contributed by atoms with van der Waals surface area (Å²) in [4.78, 5) is 1.06. The molecular weight excluding hydrogens is 200 g/mol. The van der Waals surface area contributed by atoms with Gasteiger partial charge in [-0.05, 0) is 30.0 Å². The first-order valence-corrected chi connectivity index (χ1v) is 5.30. The van der Waals surface area contributed by atoms with E-state index in [2.05, 4.69) is 24.1 Å². The van der Waals surface area contributed by atoms with Crippen LogP contribution in [0.3, 0.4) is 0 Å². The maximum Gasteiger partial charge on any atom is 0.127 e. The molecule has 0 amide bonds. The molecule has 13 heavy (non-hydrogen) atoms. The summed E-state index contributed by atoms with van der Waals surface area (Å²) in [7, 11) is 1.70. The van der Waals surface area contributed by atoms with Crippen LogP contribution in [-0.4, -0.2) is 7.11 Å². The van der Waals surface area contributed by atoms with Crippen molar-refractivity contribution < 1.29 is 4.74 Å². The van der Waals surface area contributed by atoms with Gasteiger partial charge in [0.15, 0.2) is 0 Å². The third-order valence-electron chi connectivity index (χ3n) is 2.09. The molecule has 1 nitrogen and oxygen atoms in total.